The Morgan fingerprint density at radius 3 is 2.16 bits per heavy atom. The molecule has 2 aromatic heterocycles. The quantitative estimate of drug-likeness (QED) is 0.0630. The van der Waals surface area contributed by atoms with Crippen molar-refractivity contribution in [3.05, 3.63) is 98.5 Å². The molecule has 1 unspecified atom stereocenters. The molecule has 5 heterocycles. The number of unbranched alkanes of at least 4 members (excludes halogenated alkanes) is 3. The number of aromatic carboxylic acids is 1. The summed E-state index contributed by atoms with van der Waals surface area (Å²) in [5.41, 5.74) is 8.31. The number of nitrogens with one attached hydrogen (secondary N) is 1. The molecule has 3 aromatic carbocycles. The van der Waals surface area contributed by atoms with Crippen molar-refractivity contribution in [3.8, 4) is 22.6 Å². The number of halogens is 1. The standard InChI is InChI=1S/C51H60ClN7O8/c1-31-29-35(30-32(2)45(31)52)66-28-12-16-37-36-13-10-14-38(43-33(3)54-55(5)34(43)4)46(36)58(47(37)51(64)65)26-25-57-23-21-56(22-24-57)20-8-6-7-9-27-67-41-17-11-15-39-44(41)50(63)59(49(39)62)40-18-19-42(60)53-48(40)61/h10-11,13-15,17,29-30,40H,6-9,12,16,18-28H2,1-5H3,(H,64,65)(H,53,60,61). The second kappa shape index (κ2) is 20.5. The SMILES string of the molecule is Cc1cc(OCCCc2c(C(=O)O)n(CCN3CCN(CCCCCCOc4cccc5c4C(=O)N(C4CCC(=O)NC4=O)C5=O)CC3)c3c(-c4c(C)nn(C)c4C)cccc23)cc(C)c1Cl. The predicted molar refractivity (Wildman–Crippen MR) is 255 cm³/mol. The van der Waals surface area contributed by atoms with E-state index in [0.717, 1.165) is 124 Å². The van der Waals surface area contributed by atoms with Crippen LogP contribution < -0.4 is 14.8 Å². The lowest BCUT2D eigenvalue weighted by atomic mass is 9.98. The third kappa shape index (κ3) is 9.86. The Hall–Kier alpha value is -6.03. The van der Waals surface area contributed by atoms with E-state index >= 15 is 0 Å². The van der Waals surface area contributed by atoms with E-state index < -0.39 is 35.6 Å². The van der Waals surface area contributed by atoms with E-state index in [2.05, 4.69) is 34.2 Å². The molecule has 2 fully saturated rings. The molecule has 16 heteroatoms. The van der Waals surface area contributed by atoms with E-state index in [-0.39, 0.29) is 24.0 Å². The number of benzene rings is 3. The molecule has 3 aliphatic heterocycles. The van der Waals surface area contributed by atoms with E-state index in [1.54, 1.807) is 18.2 Å². The molecule has 0 aliphatic carbocycles. The predicted octanol–water partition coefficient (Wildman–Crippen LogP) is 7.30. The summed E-state index contributed by atoms with van der Waals surface area (Å²) in [5.74, 6) is -2.03. The van der Waals surface area contributed by atoms with Gasteiger partial charge in [-0.05, 0) is 107 Å². The highest BCUT2D eigenvalue weighted by Gasteiger charge is 2.46. The lowest BCUT2D eigenvalue weighted by Gasteiger charge is -2.35. The van der Waals surface area contributed by atoms with Crippen LogP contribution >= 0.6 is 11.6 Å². The molecule has 0 spiro atoms. The molecule has 1 atom stereocenters. The van der Waals surface area contributed by atoms with Gasteiger partial charge in [0, 0.05) is 80.0 Å². The zero-order chi connectivity index (χ0) is 47.5. The first-order chi connectivity index (χ1) is 32.2. The zero-order valence-electron chi connectivity index (χ0n) is 39.1. The van der Waals surface area contributed by atoms with Crippen molar-refractivity contribution in [1.29, 1.82) is 0 Å². The molecule has 2 N–H and O–H groups in total. The molecule has 3 aliphatic rings. The smallest absolute Gasteiger partial charge is 0.352 e. The normalized spacial score (nSPS) is 16.9. The summed E-state index contributed by atoms with van der Waals surface area (Å²) in [4.78, 5) is 69.8. The van der Waals surface area contributed by atoms with Crippen molar-refractivity contribution in [3.63, 3.8) is 0 Å². The van der Waals surface area contributed by atoms with Crippen LogP contribution in [0, 0.1) is 27.7 Å². The lowest BCUT2D eigenvalue weighted by Crippen LogP contribution is -2.54. The summed E-state index contributed by atoms with van der Waals surface area (Å²) < 4.78 is 16.1. The Morgan fingerprint density at radius 2 is 1.48 bits per heavy atom. The minimum Gasteiger partial charge on any atom is -0.494 e. The first kappa shape index (κ1) is 47.5. The van der Waals surface area contributed by atoms with Gasteiger partial charge in [0.15, 0.2) is 0 Å². The first-order valence-corrected chi connectivity index (χ1v) is 23.8. The molecule has 2 saturated heterocycles. The molecule has 15 nitrogen and oxygen atoms in total. The van der Waals surface area contributed by atoms with Crippen LogP contribution in [0.25, 0.3) is 22.0 Å². The number of fused-ring (bicyclic) bond motifs is 2. The maximum absolute atomic E-state index is 13.4. The third-order valence-corrected chi connectivity index (χ3v) is 14.2. The number of imide groups is 2. The van der Waals surface area contributed by atoms with Gasteiger partial charge >= 0.3 is 5.97 Å². The Kier molecular flexibility index (Phi) is 14.5. The van der Waals surface area contributed by atoms with Crippen molar-refractivity contribution < 1.29 is 38.6 Å². The second-order valence-electron chi connectivity index (χ2n) is 18.1. The number of carbonyl (C=O) groups is 5. The highest BCUT2D eigenvalue weighted by Crippen LogP contribution is 2.39. The van der Waals surface area contributed by atoms with Crippen LogP contribution in [-0.2, 0) is 29.6 Å². The maximum Gasteiger partial charge on any atom is 0.352 e. The average molecular weight is 935 g/mol. The fourth-order valence-corrected chi connectivity index (χ4v) is 10.2. The number of carbonyl (C=O) groups excluding carboxylic acids is 4. The number of rotatable bonds is 19. The summed E-state index contributed by atoms with van der Waals surface area (Å²) in [6, 6.07) is 13.9. The van der Waals surface area contributed by atoms with Crippen LogP contribution in [0.2, 0.25) is 5.02 Å². The van der Waals surface area contributed by atoms with Gasteiger partial charge in [0.25, 0.3) is 11.8 Å². The fourth-order valence-electron chi connectivity index (χ4n) is 10.1. The number of amides is 4. The zero-order valence-corrected chi connectivity index (χ0v) is 39.8. The molecule has 0 radical (unpaired) electrons. The van der Waals surface area contributed by atoms with Crippen molar-refractivity contribution in [2.75, 3.05) is 52.5 Å². The summed E-state index contributed by atoms with van der Waals surface area (Å²) in [6.07, 6.45) is 5.12. The monoisotopic (exact) mass is 933 g/mol. The van der Waals surface area contributed by atoms with Gasteiger partial charge in [0.1, 0.15) is 23.2 Å². The number of para-hydroxylation sites is 1. The first-order valence-electron chi connectivity index (χ1n) is 23.4. The summed E-state index contributed by atoms with van der Waals surface area (Å²) in [5, 5.41) is 19.5. The van der Waals surface area contributed by atoms with Crippen molar-refractivity contribution in [1.82, 2.24) is 34.4 Å². The Bertz CT molecular complexity index is 2710. The number of hydrogen-bond acceptors (Lipinski definition) is 10. The number of ether oxygens (including phenoxy) is 2. The van der Waals surface area contributed by atoms with Crippen LogP contribution in [0.5, 0.6) is 11.5 Å². The molecule has 0 bridgehead atoms. The van der Waals surface area contributed by atoms with E-state index in [9.17, 15) is 29.1 Å². The summed E-state index contributed by atoms with van der Waals surface area (Å²) in [6.45, 7) is 14.7. The van der Waals surface area contributed by atoms with E-state index in [4.69, 9.17) is 26.2 Å². The van der Waals surface area contributed by atoms with E-state index in [0.29, 0.717) is 50.6 Å². The van der Waals surface area contributed by atoms with Crippen molar-refractivity contribution in [2.45, 2.75) is 91.6 Å². The highest BCUT2D eigenvalue weighted by molar-refractivity contribution is 6.32. The van der Waals surface area contributed by atoms with E-state index in [1.807, 2.05) is 55.3 Å². The second-order valence-corrected chi connectivity index (χ2v) is 18.4. The van der Waals surface area contributed by atoms with Gasteiger partial charge < -0.3 is 24.0 Å². The van der Waals surface area contributed by atoms with Crippen molar-refractivity contribution in [2.24, 2.45) is 7.05 Å². The molecule has 67 heavy (non-hydrogen) atoms. The molecule has 354 valence electrons. The molecule has 0 saturated carbocycles. The Labute approximate surface area is 395 Å². The largest absolute Gasteiger partial charge is 0.494 e. The minimum atomic E-state index is -1.02. The van der Waals surface area contributed by atoms with Crippen LogP contribution in [-0.4, -0.2) is 122 Å². The van der Waals surface area contributed by atoms with Gasteiger partial charge in [-0.15, -0.1) is 0 Å². The molecular formula is C51H60ClN7O8. The van der Waals surface area contributed by atoms with Crippen LogP contribution in [0.3, 0.4) is 0 Å². The highest BCUT2D eigenvalue weighted by atomic mass is 35.5. The average Bonchev–Trinajstić information content (AvgIpc) is 3.86. The van der Waals surface area contributed by atoms with Crippen LogP contribution in [0.15, 0.2) is 48.5 Å². The van der Waals surface area contributed by atoms with Gasteiger partial charge in [-0.1, -0.05) is 48.7 Å². The number of hydrogen-bond donors (Lipinski definition) is 2. The number of aryl methyl sites for hydroxylation is 5. The molecule has 8 rings (SSSR count). The van der Waals surface area contributed by atoms with Gasteiger partial charge in [-0.3, -0.25) is 39.0 Å². The fraction of sp³-hybridized carbons (Fsp3) is 0.451. The van der Waals surface area contributed by atoms with E-state index in [1.165, 1.54) is 0 Å². The maximum atomic E-state index is 13.4. The lowest BCUT2D eigenvalue weighted by molar-refractivity contribution is -0.136. The number of piperazine rings is 1. The third-order valence-electron chi connectivity index (χ3n) is 13.6. The summed E-state index contributed by atoms with van der Waals surface area (Å²) >= 11 is 6.39. The number of aromatic nitrogens is 3. The Balaban J connectivity index is 0.842. The van der Waals surface area contributed by atoms with Crippen LogP contribution in [0.4, 0.5) is 0 Å². The van der Waals surface area contributed by atoms with Crippen LogP contribution in [0.1, 0.15) is 104 Å². The van der Waals surface area contributed by atoms with Gasteiger partial charge in [-0.2, -0.15) is 5.10 Å². The van der Waals surface area contributed by atoms with Gasteiger partial charge in [0.2, 0.25) is 11.8 Å². The summed E-state index contributed by atoms with van der Waals surface area (Å²) in [7, 11) is 1.94. The Morgan fingerprint density at radius 1 is 0.806 bits per heavy atom. The molecule has 5 aromatic rings. The number of piperidine rings is 1. The molecule has 4 amide bonds. The van der Waals surface area contributed by atoms with Gasteiger partial charge in [-0.25, -0.2) is 4.79 Å². The molecular weight excluding hydrogens is 874 g/mol. The number of nitrogens with zero attached hydrogens (tertiary/aromatic N) is 6. The van der Waals surface area contributed by atoms with Crippen molar-refractivity contribution >= 4 is 52.1 Å². The minimum absolute atomic E-state index is 0.0634. The topological polar surface area (TPSA) is 169 Å². The number of carboxylic acid groups (broad SMARTS) is 1. The van der Waals surface area contributed by atoms with Gasteiger partial charge in [0.05, 0.1) is 35.6 Å². The number of carboxylic acids is 1.